The molecular weight excluding hydrogens is 234 g/mol. The van der Waals surface area contributed by atoms with Gasteiger partial charge < -0.3 is 14.7 Å². The summed E-state index contributed by atoms with van der Waals surface area (Å²) >= 11 is 0. The molecule has 0 unspecified atom stereocenters. The van der Waals surface area contributed by atoms with Crippen molar-refractivity contribution in [1.29, 1.82) is 0 Å². The van der Waals surface area contributed by atoms with Gasteiger partial charge in [-0.05, 0) is 31.6 Å². The quantitative estimate of drug-likeness (QED) is 0.817. The first kappa shape index (κ1) is 13.3. The summed E-state index contributed by atoms with van der Waals surface area (Å²) in [5.74, 6) is -0.167. The molecule has 5 heteroatoms. The summed E-state index contributed by atoms with van der Waals surface area (Å²) in [5, 5.41) is 8.69. The highest BCUT2D eigenvalue weighted by Gasteiger charge is 2.31. The molecule has 2 aliphatic heterocycles. The van der Waals surface area contributed by atoms with Crippen LogP contribution in [0.3, 0.4) is 0 Å². The van der Waals surface area contributed by atoms with E-state index >= 15 is 0 Å². The number of carboxylic acids is 1. The molecule has 0 aromatic carbocycles. The highest BCUT2D eigenvalue weighted by molar-refractivity contribution is 5.79. The van der Waals surface area contributed by atoms with Gasteiger partial charge in [0.05, 0.1) is 12.5 Å². The van der Waals surface area contributed by atoms with Crippen molar-refractivity contribution in [3.8, 4) is 0 Å². The van der Waals surface area contributed by atoms with Crippen molar-refractivity contribution in [2.24, 2.45) is 11.8 Å². The molecule has 2 fully saturated rings. The van der Waals surface area contributed by atoms with Gasteiger partial charge in [0.1, 0.15) is 0 Å². The van der Waals surface area contributed by atoms with Crippen molar-refractivity contribution in [3.63, 3.8) is 0 Å². The molecule has 0 radical (unpaired) electrons. The molecule has 5 nitrogen and oxygen atoms in total. The third kappa shape index (κ3) is 3.45. The van der Waals surface area contributed by atoms with Gasteiger partial charge in [-0.25, -0.2) is 0 Å². The van der Waals surface area contributed by atoms with Gasteiger partial charge in [0.25, 0.3) is 0 Å². The Morgan fingerprint density at radius 2 is 2.17 bits per heavy atom. The second-order valence-electron chi connectivity index (χ2n) is 5.29. The number of carbonyl (C=O) groups is 2. The van der Waals surface area contributed by atoms with Crippen molar-refractivity contribution in [3.05, 3.63) is 0 Å². The van der Waals surface area contributed by atoms with E-state index in [0.29, 0.717) is 25.6 Å². The first-order valence-electron chi connectivity index (χ1n) is 6.75. The van der Waals surface area contributed by atoms with Crippen LogP contribution < -0.4 is 0 Å². The SMILES string of the molecule is O=C(O)CC[C@@H]1CCCN(C(=O)[C@@H]2CCOC2)C1. The number of carboxylic acid groups (broad SMARTS) is 1. The molecular formula is C13H21NO4. The van der Waals surface area contributed by atoms with Gasteiger partial charge in [0.2, 0.25) is 5.91 Å². The minimum absolute atomic E-state index is 0.0308. The van der Waals surface area contributed by atoms with Crippen LogP contribution in [0.1, 0.15) is 32.1 Å². The van der Waals surface area contributed by atoms with Crippen LogP contribution in [0, 0.1) is 11.8 Å². The number of hydrogen-bond donors (Lipinski definition) is 1. The van der Waals surface area contributed by atoms with Crippen LogP contribution in [0.2, 0.25) is 0 Å². The van der Waals surface area contributed by atoms with Crippen LogP contribution in [0.5, 0.6) is 0 Å². The van der Waals surface area contributed by atoms with Crippen LogP contribution in [0.4, 0.5) is 0 Å². The Bertz CT molecular complexity index is 312. The zero-order chi connectivity index (χ0) is 13.0. The predicted octanol–water partition coefficient (Wildman–Crippen LogP) is 1.13. The lowest BCUT2D eigenvalue weighted by atomic mass is 9.92. The van der Waals surface area contributed by atoms with Gasteiger partial charge in [-0.2, -0.15) is 0 Å². The molecule has 2 atom stereocenters. The summed E-state index contributed by atoms with van der Waals surface area (Å²) < 4.78 is 5.25. The summed E-state index contributed by atoms with van der Waals surface area (Å²) in [5.41, 5.74) is 0. The fourth-order valence-corrected chi connectivity index (χ4v) is 2.82. The Kier molecular flexibility index (Phi) is 4.58. The average molecular weight is 255 g/mol. The van der Waals surface area contributed by atoms with Gasteiger partial charge in [0.15, 0.2) is 0 Å². The minimum atomic E-state index is -0.748. The van der Waals surface area contributed by atoms with Gasteiger partial charge >= 0.3 is 5.97 Å². The van der Waals surface area contributed by atoms with Crippen LogP contribution in [0.15, 0.2) is 0 Å². The molecule has 0 spiro atoms. The highest BCUT2D eigenvalue weighted by Crippen LogP contribution is 2.24. The Labute approximate surface area is 107 Å². The number of nitrogens with zero attached hydrogens (tertiary/aromatic N) is 1. The number of amides is 1. The van der Waals surface area contributed by atoms with E-state index in [0.717, 1.165) is 32.4 Å². The van der Waals surface area contributed by atoms with Crippen molar-refractivity contribution in [2.45, 2.75) is 32.1 Å². The third-order valence-corrected chi connectivity index (χ3v) is 3.88. The number of likely N-dealkylation sites (tertiary alicyclic amines) is 1. The molecule has 102 valence electrons. The zero-order valence-electron chi connectivity index (χ0n) is 10.6. The van der Waals surface area contributed by atoms with E-state index in [-0.39, 0.29) is 18.2 Å². The monoisotopic (exact) mass is 255 g/mol. The third-order valence-electron chi connectivity index (χ3n) is 3.88. The van der Waals surface area contributed by atoms with E-state index in [1.807, 2.05) is 4.90 Å². The maximum absolute atomic E-state index is 12.2. The standard InChI is InChI=1S/C13H21NO4/c15-12(16)4-3-10-2-1-6-14(8-10)13(17)11-5-7-18-9-11/h10-11H,1-9H2,(H,15,16)/t10-,11+/m0/s1. The molecule has 2 heterocycles. The average Bonchev–Trinajstić information content (AvgIpc) is 2.89. The molecule has 2 saturated heterocycles. The van der Waals surface area contributed by atoms with Gasteiger partial charge in [-0.1, -0.05) is 0 Å². The second-order valence-corrected chi connectivity index (χ2v) is 5.29. The molecule has 2 aliphatic rings. The molecule has 2 rings (SSSR count). The van der Waals surface area contributed by atoms with Crippen LogP contribution in [0.25, 0.3) is 0 Å². The van der Waals surface area contributed by atoms with Crippen molar-refractivity contribution in [2.75, 3.05) is 26.3 Å². The van der Waals surface area contributed by atoms with Crippen molar-refractivity contribution >= 4 is 11.9 Å². The molecule has 0 aromatic rings. The zero-order valence-corrected chi connectivity index (χ0v) is 10.6. The number of piperidine rings is 1. The van der Waals surface area contributed by atoms with E-state index in [1.165, 1.54) is 0 Å². The number of carbonyl (C=O) groups excluding carboxylic acids is 1. The smallest absolute Gasteiger partial charge is 0.303 e. The Morgan fingerprint density at radius 3 is 2.83 bits per heavy atom. The summed E-state index contributed by atoms with van der Waals surface area (Å²) in [4.78, 5) is 24.7. The summed E-state index contributed by atoms with van der Waals surface area (Å²) in [7, 11) is 0. The fourth-order valence-electron chi connectivity index (χ4n) is 2.82. The Balaban J connectivity index is 1.81. The minimum Gasteiger partial charge on any atom is -0.481 e. The van der Waals surface area contributed by atoms with Crippen LogP contribution >= 0.6 is 0 Å². The van der Waals surface area contributed by atoms with E-state index in [4.69, 9.17) is 9.84 Å². The lowest BCUT2D eigenvalue weighted by Crippen LogP contribution is -2.43. The van der Waals surface area contributed by atoms with E-state index in [2.05, 4.69) is 0 Å². The largest absolute Gasteiger partial charge is 0.481 e. The van der Waals surface area contributed by atoms with E-state index in [9.17, 15) is 9.59 Å². The maximum Gasteiger partial charge on any atom is 0.303 e. The molecule has 1 amide bonds. The molecule has 0 aromatic heterocycles. The Morgan fingerprint density at radius 1 is 1.33 bits per heavy atom. The second kappa shape index (κ2) is 6.18. The molecule has 0 aliphatic carbocycles. The summed E-state index contributed by atoms with van der Waals surface area (Å²) in [6.45, 7) is 2.78. The lowest BCUT2D eigenvalue weighted by molar-refractivity contribution is -0.138. The fraction of sp³-hybridized carbons (Fsp3) is 0.846. The lowest BCUT2D eigenvalue weighted by Gasteiger charge is -2.34. The first-order valence-corrected chi connectivity index (χ1v) is 6.75. The van der Waals surface area contributed by atoms with Crippen LogP contribution in [-0.4, -0.2) is 48.2 Å². The number of rotatable bonds is 4. The topological polar surface area (TPSA) is 66.8 Å². The molecule has 0 saturated carbocycles. The van der Waals surface area contributed by atoms with Gasteiger partial charge in [-0.15, -0.1) is 0 Å². The molecule has 18 heavy (non-hydrogen) atoms. The predicted molar refractivity (Wildman–Crippen MR) is 65.1 cm³/mol. The van der Waals surface area contributed by atoms with E-state index < -0.39 is 5.97 Å². The molecule has 0 bridgehead atoms. The van der Waals surface area contributed by atoms with Gasteiger partial charge in [0, 0.05) is 26.1 Å². The number of ether oxygens (including phenoxy) is 1. The maximum atomic E-state index is 12.2. The number of hydrogen-bond acceptors (Lipinski definition) is 3. The van der Waals surface area contributed by atoms with Crippen molar-refractivity contribution < 1.29 is 19.4 Å². The Hall–Kier alpha value is -1.10. The van der Waals surface area contributed by atoms with Crippen molar-refractivity contribution in [1.82, 2.24) is 4.90 Å². The highest BCUT2D eigenvalue weighted by atomic mass is 16.5. The normalized spacial score (nSPS) is 28.3. The number of aliphatic carboxylic acids is 1. The van der Waals surface area contributed by atoms with Gasteiger partial charge in [-0.3, -0.25) is 9.59 Å². The van der Waals surface area contributed by atoms with Crippen LogP contribution in [-0.2, 0) is 14.3 Å². The molecule has 1 N–H and O–H groups in total. The first-order chi connectivity index (χ1) is 8.66. The van der Waals surface area contributed by atoms with E-state index in [1.54, 1.807) is 0 Å². The summed E-state index contributed by atoms with van der Waals surface area (Å²) in [6.07, 6.45) is 3.75. The summed E-state index contributed by atoms with van der Waals surface area (Å²) in [6, 6.07) is 0.